The molecular formula is C13H20BrN3O. The molecule has 1 N–H and O–H groups in total. The van der Waals surface area contributed by atoms with Gasteiger partial charge in [-0.25, -0.2) is 4.98 Å². The van der Waals surface area contributed by atoms with Gasteiger partial charge in [-0.2, -0.15) is 4.98 Å². The lowest BCUT2D eigenvalue weighted by atomic mass is 9.84. The predicted molar refractivity (Wildman–Crippen MR) is 75.9 cm³/mol. The van der Waals surface area contributed by atoms with Crippen LogP contribution < -0.4 is 10.1 Å². The molecule has 4 nitrogen and oxygen atoms in total. The Morgan fingerprint density at radius 3 is 3.06 bits per heavy atom. The first-order chi connectivity index (χ1) is 8.72. The minimum absolute atomic E-state index is 0.495. The SMILES string of the molecule is CCC1CCCC(Nc2ncc(Br)c(OC)n2)C1. The molecule has 1 aliphatic carbocycles. The van der Waals surface area contributed by atoms with E-state index in [9.17, 15) is 0 Å². The van der Waals surface area contributed by atoms with Crippen LogP contribution in [-0.2, 0) is 0 Å². The van der Waals surface area contributed by atoms with Gasteiger partial charge in [-0.3, -0.25) is 0 Å². The third-order valence-corrected chi connectivity index (χ3v) is 4.14. The molecule has 2 unspecified atom stereocenters. The molecule has 1 aliphatic rings. The van der Waals surface area contributed by atoms with E-state index < -0.39 is 0 Å². The summed E-state index contributed by atoms with van der Waals surface area (Å²) in [5.41, 5.74) is 0. The van der Waals surface area contributed by atoms with Crippen LogP contribution in [0.25, 0.3) is 0 Å². The second-order valence-corrected chi connectivity index (χ2v) is 5.69. The van der Waals surface area contributed by atoms with E-state index in [1.807, 2.05) is 0 Å². The molecule has 0 radical (unpaired) electrons. The van der Waals surface area contributed by atoms with E-state index in [2.05, 4.69) is 38.1 Å². The Morgan fingerprint density at radius 2 is 2.33 bits per heavy atom. The summed E-state index contributed by atoms with van der Waals surface area (Å²) >= 11 is 3.36. The largest absolute Gasteiger partial charge is 0.480 e. The van der Waals surface area contributed by atoms with E-state index in [-0.39, 0.29) is 0 Å². The van der Waals surface area contributed by atoms with Crippen molar-refractivity contribution in [2.75, 3.05) is 12.4 Å². The summed E-state index contributed by atoms with van der Waals surface area (Å²) in [7, 11) is 1.62. The van der Waals surface area contributed by atoms with Gasteiger partial charge in [0.05, 0.1) is 17.8 Å². The molecule has 0 amide bonds. The molecular weight excluding hydrogens is 294 g/mol. The van der Waals surface area contributed by atoms with Crippen molar-refractivity contribution in [2.45, 2.75) is 45.1 Å². The average Bonchev–Trinajstić information content (AvgIpc) is 2.41. The number of nitrogens with zero attached hydrogens (tertiary/aromatic N) is 2. The molecule has 100 valence electrons. The smallest absolute Gasteiger partial charge is 0.232 e. The zero-order valence-electron chi connectivity index (χ0n) is 10.9. The van der Waals surface area contributed by atoms with Gasteiger partial charge < -0.3 is 10.1 Å². The Kier molecular flexibility index (Phi) is 4.80. The highest BCUT2D eigenvalue weighted by Gasteiger charge is 2.21. The number of nitrogens with one attached hydrogen (secondary N) is 1. The van der Waals surface area contributed by atoms with Crippen molar-refractivity contribution in [3.8, 4) is 5.88 Å². The van der Waals surface area contributed by atoms with Crippen LogP contribution in [0.2, 0.25) is 0 Å². The van der Waals surface area contributed by atoms with Gasteiger partial charge in [0.25, 0.3) is 0 Å². The summed E-state index contributed by atoms with van der Waals surface area (Å²) in [4.78, 5) is 8.63. The summed E-state index contributed by atoms with van der Waals surface area (Å²) in [5.74, 6) is 2.08. The zero-order valence-corrected chi connectivity index (χ0v) is 12.5. The molecule has 0 bridgehead atoms. The molecule has 5 heteroatoms. The maximum absolute atomic E-state index is 5.18. The molecule has 1 heterocycles. The molecule has 0 aromatic carbocycles. The van der Waals surface area contributed by atoms with Gasteiger partial charge in [0, 0.05) is 6.04 Å². The van der Waals surface area contributed by atoms with E-state index in [0.717, 1.165) is 10.4 Å². The van der Waals surface area contributed by atoms with Crippen LogP contribution in [0, 0.1) is 5.92 Å². The van der Waals surface area contributed by atoms with Crippen molar-refractivity contribution in [3.05, 3.63) is 10.7 Å². The van der Waals surface area contributed by atoms with Crippen molar-refractivity contribution in [3.63, 3.8) is 0 Å². The summed E-state index contributed by atoms with van der Waals surface area (Å²) in [6.45, 7) is 2.27. The number of halogens is 1. The van der Waals surface area contributed by atoms with Crippen molar-refractivity contribution in [1.82, 2.24) is 9.97 Å². The molecule has 2 atom stereocenters. The van der Waals surface area contributed by atoms with Gasteiger partial charge in [0.1, 0.15) is 0 Å². The third kappa shape index (κ3) is 3.34. The number of rotatable bonds is 4. The Hall–Kier alpha value is -0.840. The second kappa shape index (κ2) is 6.36. The Balaban J connectivity index is 2.00. The summed E-state index contributed by atoms with van der Waals surface area (Å²) < 4.78 is 5.96. The normalized spacial score (nSPS) is 23.7. The lowest BCUT2D eigenvalue weighted by molar-refractivity contribution is 0.326. The highest BCUT2D eigenvalue weighted by molar-refractivity contribution is 9.10. The highest BCUT2D eigenvalue weighted by Crippen LogP contribution is 2.29. The van der Waals surface area contributed by atoms with E-state index in [1.165, 1.54) is 32.1 Å². The lowest BCUT2D eigenvalue weighted by Gasteiger charge is -2.29. The Labute approximate surface area is 117 Å². The van der Waals surface area contributed by atoms with Gasteiger partial charge in [-0.05, 0) is 34.7 Å². The third-order valence-electron chi connectivity index (χ3n) is 3.60. The number of methoxy groups -OCH3 is 1. The molecule has 1 fully saturated rings. The Morgan fingerprint density at radius 1 is 1.50 bits per heavy atom. The minimum Gasteiger partial charge on any atom is -0.480 e. The van der Waals surface area contributed by atoms with Crippen molar-refractivity contribution in [1.29, 1.82) is 0 Å². The van der Waals surface area contributed by atoms with Crippen LogP contribution in [-0.4, -0.2) is 23.1 Å². The topological polar surface area (TPSA) is 47.0 Å². The van der Waals surface area contributed by atoms with E-state index >= 15 is 0 Å². The average molecular weight is 314 g/mol. The quantitative estimate of drug-likeness (QED) is 0.922. The number of hydrogen-bond donors (Lipinski definition) is 1. The minimum atomic E-state index is 0.495. The summed E-state index contributed by atoms with van der Waals surface area (Å²) in [6, 6.07) is 0.495. The van der Waals surface area contributed by atoms with Crippen molar-refractivity contribution >= 4 is 21.9 Å². The number of ether oxygens (including phenoxy) is 1. The molecule has 0 aliphatic heterocycles. The molecule has 2 rings (SSSR count). The fourth-order valence-electron chi connectivity index (χ4n) is 2.54. The van der Waals surface area contributed by atoms with Crippen LogP contribution in [0.1, 0.15) is 39.0 Å². The van der Waals surface area contributed by atoms with Gasteiger partial charge in [0.15, 0.2) is 0 Å². The number of hydrogen-bond acceptors (Lipinski definition) is 4. The van der Waals surface area contributed by atoms with Crippen LogP contribution in [0.4, 0.5) is 5.95 Å². The maximum Gasteiger partial charge on any atom is 0.232 e. The first-order valence-corrected chi connectivity index (χ1v) is 7.35. The van der Waals surface area contributed by atoms with Crippen molar-refractivity contribution < 1.29 is 4.74 Å². The van der Waals surface area contributed by atoms with E-state index in [0.29, 0.717) is 17.9 Å². The lowest BCUT2D eigenvalue weighted by Crippen LogP contribution is -2.27. The highest BCUT2D eigenvalue weighted by atomic mass is 79.9. The Bertz CT molecular complexity index is 400. The number of aromatic nitrogens is 2. The van der Waals surface area contributed by atoms with Crippen molar-refractivity contribution in [2.24, 2.45) is 5.92 Å². The molecule has 0 saturated heterocycles. The van der Waals surface area contributed by atoms with Gasteiger partial charge in [-0.1, -0.05) is 26.2 Å². The van der Waals surface area contributed by atoms with Crippen LogP contribution in [0.15, 0.2) is 10.7 Å². The molecule has 0 spiro atoms. The number of anilines is 1. The van der Waals surface area contributed by atoms with Gasteiger partial charge in [-0.15, -0.1) is 0 Å². The van der Waals surface area contributed by atoms with Gasteiger partial charge in [0.2, 0.25) is 11.8 Å². The van der Waals surface area contributed by atoms with Crippen LogP contribution in [0.5, 0.6) is 5.88 Å². The van der Waals surface area contributed by atoms with Crippen LogP contribution in [0.3, 0.4) is 0 Å². The van der Waals surface area contributed by atoms with E-state index in [4.69, 9.17) is 4.74 Å². The van der Waals surface area contributed by atoms with E-state index in [1.54, 1.807) is 13.3 Å². The molecule has 1 aromatic rings. The maximum atomic E-state index is 5.18. The van der Waals surface area contributed by atoms with Gasteiger partial charge >= 0.3 is 0 Å². The summed E-state index contributed by atoms with van der Waals surface area (Å²) in [5, 5.41) is 3.42. The zero-order chi connectivity index (χ0) is 13.0. The fraction of sp³-hybridized carbons (Fsp3) is 0.692. The first-order valence-electron chi connectivity index (χ1n) is 6.56. The standard InChI is InChI=1S/C13H20BrN3O/c1-3-9-5-4-6-10(7-9)16-13-15-8-11(14)12(17-13)18-2/h8-10H,3-7H2,1-2H3,(H,15,16,17). The molecule has 1 saturated carbocycles. The predicted octanol–water partition coefficient (Wildman–Crippen LogP) is 3.63. The molecule has 1 aromatic heterocycles. The molecule has 18 heavy (non-hydrogen) atoms. The fourth-order valence-corrected chi connectivity index (χ4v) is 2.89. The second-order valence-electron chi connectivity index (χ2n) is 4.83. The summed E-state index contributed by atoms with van der Waals surface area (Å²) in [6.07, 6.45) is 8.08. The first kappa shape index (κ1) is 13.6. The van der Waals surface area contributed by atoms with Crippen LogP contribution >= 0.6 is 15.9 Å². The monoisotopic (exact) mass is 313 g/mol.